The number of hydrogen-bond donors (Lipinski definition) is 1. The van der Waals surface area contributed by atoms with Crippen LogP contribution in [0.3, 0.4) is 0 Å². The van der Waals surface area contributed by atoms with Gasteiger partial charge in [-0.25, -0.2) is 4.68 Å². The van der Waals surface area contributed by atoms with E-state index >= 15 is 0 Å². The number of amides is 1. The standard InChI is InChI=1S/C25H25N7O5S/c1-34-18-8-9-19(21(13-18)35-2)32-25(28-29-30-32)38-15-24(33)27-23-10-11-26-31(23)20(22-14-36-16-37-22)12-17-6-4-3-5-7-17/h3-11,13-14,20H,12,15-16H2,1-2H3,(H,27,33). The molecule has 4 aromatic rings. The maximum atomic E-state index is 13.0. The molecule has 0 spiro atoms. The lowest BCUT2D eigenvalue weighted by molar-refractivity contribution is -0.113. The van der Waals surface area contributed by atoms with Gasteiger partial charge in [-0.05, 0) is 28.1 Å². The van der Waals surface area contributed by atoms with E-state index in [-0.39, 0.29) is 24.5 Å². The zero-order valence-electron chi connectivity index (χ0n) is 20.7. The van der Waals surface area contributed by atoms with E-state index in [1.165, 1.54) is 16.4 Å². The second-order valence-electron chi connectivity index (χ2n) is 8.06. The van der Waals surface area contributed by atoms with E-state index in [2.05, 4.69) is 25.9 Å². The van der Waals surface area contributed by atoms with Gasteiger partial charge in [0.1, 0.15) is 35.3 Å². The molecule has 1 aliphatic rings. The molecule has 0 bridgehead atoms. The minimum Gasteiger partial charge on any atom is -0.497 e. The van der Waals surface area contributed by atoms with Gasteiger partial charge in [0.05, 0.1) is 26.2 Å². The first-order valence-corrected chi connectivity index (χ1v) is 12.6. The van der Waals surface area contributed by atoms with Crippen LogP contribution in [0.2, 0.25) is 0 Å². The van der Waals surface area contributed by atoms with Crippen LogP contribution in [0.15, 0.2) is 78.0 Å². The number of anilines is 1. The van der Waals surface area contributed by atoms with Gasteiger partial charge < -0.3 is 24.3 Å². The summed E-state index contributed by atoms with van der Waals surface area (Å²) in [4.78, 5) is 13.0. The maximum absolute atomic E-state index is 13.0. The molecule has 38 heavy (non-hydrogen) atoms. The topological polar surface area (TPSA) is 127 Å². The van der Waals surface area contributed by atoms with Gasteiger partial charge >= 0.3 is 0 Å². The smallest absolute Gasteiger partial charge is 0.235 e. The fourth-order valence-electron chi connectivity index (χ4n) is 3.92. The van der Waals surface area contributed by atoms with Gasteiger partial charge in [0.15, 0.2) is 5.76 Å². The van der Waals surface area contributed by atoms with Gasteiger partial charge in [-0.15, -0.1) is 5.10 Å². The van der Waals surface area contributed by atoms with Crippen molar-refractivity contribution >= 4 is 23.5 Å². The van der Waals surface area contributed by atoms with Crippen molar-refractivity contribution in [1.29, 1.82) is 0 Å². The fourth-order valence-corrected chi connectivity index (χ4v) is 4.61. The lowest BCUT2D eigenvalue weighted by Crippen LogP contribution is -2.22. The molecule has 0 saturated heterocycles. The minimum atomic E-state index is -0.298. The number of nitrogens with one attached hydrogen (secondary N) is 1. The molecular weight excluding hydrogens is 510 g/mol. The van der Waals surface area contributed by atoms with Gasteiger partial charge in [-0.1, -0.05) is 42.1 Å². The Morgan fingerprint density at radius 2 is 2.03 bits per heavy atom. The number of aromatic nitrogens is 6. The Kier molecular flexibility index (Phi) is 7.73. The van der Waals surface area contributed by atoms with Crippen molar-refractivity contribution in [2.45, 2.75) is 17.6 Å². The molecule has 1 N–H and O–H groups in total. The van der Waals surface area contributed by atoms with Crippen LogP contribution in [-0.2, 0) is 20.7 Å². The zero-order valence-corrected chi connectivity index (χ0v) is 21.5. The zero-order chi connectivity index (χ0) is 26.3. The van der Waals surface area contributed by atoms with Gasteiger partial charge in [0.2, 0.25) is 17.9 Å². The van der Waals surface area contributed by atoms with Gasteiger partial charge in [-0.2, -0.15) is 9.78 Å². The van der Waals surface area contributed by atoms with E-state index in [1.807, 2.05) is 30.3 Å². The Hall–Kier alpha value is -4.52. The van der Waals surface area contributed by atoms with E-state index in [0.29, 0.717) is 40.3 Å². The fraction of sp³-hybridized carbons (Fsp3) is 0.240. The molecule has 1 amide bonds. The second kappa shape index (κ2) is 11.7. The van der Waals surface area contributed by atoms with Crippen LogP contribution in [0.25, 0.3) is 5.69 Å². The normalized spacial score (nSPS) is 13.3. The average molecular weight is 536 g/mol. The van der Waals surface area contributed by atoms with E-state index in [1.54, 1.807) is 55.6 Å². The highest BCUT2D eigenvalue weighted by Crippen LogP contribution is 2.31. The van der Waals surface area contributed by atoms with Gasteiger partial charge in [0.25, 0.3) is 0 Å². The van der Waals surface area contributed by atoms with Crippen LogP contribution in [-0.4, -0.2) is 62.7 Å². The predicted octanol–water partition coefficient (Wildman–Crippen LogP) is 3.24. The van der Waals surface area contributed by atoms with Crippen molar-refractivity contribution < 1.29 is 23.7 Å². The monoisotopic (exact) mass is 535 g/mol. The first-order valence-electron chi connectivity index (χ1n) is 11.6. The Labute approximate surface area is 222 Å². The number of ether oxygens (including phenoxy) is 4. The molecule has 2 aromatic carbocycles. The molecule has 0 radical (unpaired) electrons. The number of methoxy groups -OCH3 is 2. The second-order valence-corrected chi connectivity index (χ2v) is 9.01. The Morgan fingerprint density at radius 1 is 1.16 bits per heavy atom. The molecule has 1 aliphatic heterocycles. The van der Waals surface area contributed by atoms with Crippen molar-refractivity contribution in [2.75, 3.05) is 32.1 Å². The molecule has 1 atom stereocenters. The number of rotatable bonds is 11. The molecule has 196 valence electrons. The number of allylic oxidation sites excluding steroid dienone is 1. The van der Waals surface area contributed by atoms with Gasteiger partial charge in [-0.3, -0.25) is 4.79 Å². The number of benzene rings is 2. The molecule has 13 heteroatoms. The van der Waals surface area contributed by atoms with Crippen molar-refractivity contribution in [2.24, 2.45) is 0 Å². The first kappa shape index (κ1) is 25.1. The number of carbonyl (C=O) groups is 1. The minimum absolute atomic E-state index is 0.0652. The van der Waals surface area contributed by atoms with E-state index in [0.717, 1.165) is 5.56 Å². The molecule has 2 aromatic heterocycles. The van der Waals surface area contributed by atoms with Gasteiger partial charge in [0, 0.05) is 18.6 Å². The van der Waals surface area contributed by atoms with E-state index in [9.17, 15) is 4.79 Å². The third kappa shape index (κ3) is 5.57. The summed E-state index contributed by atoms with van der Waals surface area (Å²) >= 11 is 1.19. The molecule has 5 rings (SSSR count). The Morgan fingerprint density at radius 3 is 2.79 bits per heavy atom. The molecule has 12 nitrogen and oxygen atoms in total. The number of tetrazole rings is 1. The van der Waals surface area contributed by atoms with Crippen LogP contribution >= 0.6 is 11.8 Å². The SMILES string of the molecule is COc1ccc(-n2nnnc2SCC(=O)Nc2ccnn2C(Cc2ccccc2)C2=COCO2)c(OC)c1. The number of hydrogen-bond acceptors (Lipinski definition) is 10. The first-order chi connectivity index (χ1) is 18.7. The largest absolute Gasteiger partial charge is 0.497 e. The number of nitrogens with zero attached hydrogens (tertiary/aromatic N) is 6. The van der Waals surface area contributed by atoms with Crippen LogP contribution in [0.1, 0.15) is 11.6 Å². The lowest BCUT2D eigenvalue weighted by atomic mass is 10.0. The van der Waals surface area contributed by atoms with Crippen LogP contribution in [0.5, 0.6) is 11.5 Å². The molecule has 0 aliphatic carbocycles. The molecule has 3 heterocycles. The van der Waals surface area contributed by atoms with Crippen molar-refractivity contribution in [1.82, 2.24) is 30.0 Å². The highest BCUT2D eigenvalue weighted by Gasteiger charge is 2.26. The van der Waals surface area contributed by atoms with Crippen LogP contribution in [0, 0.1) is 0 Å². The summed E-state index contributed by atoms with van der Waals surface area (Å²) in [7, 11) is 3.13. The molecule has 0 saturated carbocycles. The van der Waals surface area contributed by atoms with Crippen molar-refractivity contribution in [3.63, 3.8) is 0 Å². The molecule has 0 fully saturated rings. The lowest BCUT2D eigenvalue weighted by Gasteiger charge is -2.20. The number of thioether (sulfide) groups is 1. The summed E-state index contributed by atoms with van der Waals surface area (Å²) in [6, 6.07) is 16.7. The highest BCUT2D eigenvalue weighted by molar-refractivity contribution is 7.99. The third-order valence-corrected chi connectivity index (χ3v) is 6.63. The number of carbonyl (C=O) groups excluding carboxylic acids is 1. The summed E-state index contributed by atoms with van der Waals surface area (Å²) < 4.78 is 24.9. The van der Waals surface area contributed by atoms with Crippen molar-refractivity contribution in [3.05, 3.63) is 78.4 Å². The van der Waals surface area contributed by atoms with E-state index in [4.69, 9.17) is 18.9 Å². The van der Waals surface area contributed by atoms with Crippen molar-refractivity contribution in [3.8, 4) is 17.2 Å². The third-order valence-electron chi connectivity index (χ3n) is 5.71. The van der Waals surface area contributed by atoms with Crippen LogP contribution in [0.4, 0.5) is 5.82 Å². The Balaban J connectivity index is 1.29. The molecule has 1 unspecified atom stereocenters. The maximum Gasteiger partial charge on any atom is 0.235 e. The summed E-state index contributed by atoms with van der Waals surface area (Å²) in [5, 5.41) is 19.7. The Bertz CT molecular complexity index is 1420. The summed E-state index contributed by atoms with van der Waals surface area (Å²) in [6.45, 7) is 0.147. The summed E-state index contributed by atoms with van der Waals surface area (Å²) in [5.41, 5.74) is 1.72. The quantitative estimate of drug-likeness (QED) is 0.286. The predicted molar refractivity (Wildman–Crippen MR) is 138 cm³/mol. The van der Waals surface area contributed by atoms with Crippen LogP contribution < -0.4 is 14.8 Å². The summed E-state index contributed by atoms with van der Waals surface area (Å²) in [6.07, 6.45) is 3.82. The van der Waals surface area contributed by atoms with E-state index < -0.39 is 0 Å². The highest BCUT2D eigenvalue weighted by atomic mass is 32.2. The molecular formula is C25H25N7O5S. The average Bonchev–Trinajstić information content (AvgIpc) is 3.73. The summed E-state index contributed by atoms with van der Waals surface area (Å²) in [5.74, 6) is 2.15.